The van der Waals surface area contributed by atoms with Crippen molar-refractivity contribution < 1.29 is 0 Å². The molecule has 0 aromatic carbocycles. The normalized spacial score (nSPS) is 12.3. The number of rotatable bonds is 7. The maximum Gasteiger partial charge on any atom is 0.191 e. The predicted molar refractivity (Wildman–Crippen MR) is 112 cm³/mol. The highest BCUT2D eigenvalue weighted by Crippen LogP contribution is 2.16. The molecule has 0 aliphatic heterocycles. The molecule has 0 unspecified atom stereocenters. The number of hydrogen-bond donors (Lipinski definition) is 2. The van der Waals surface area contributed by atoms with E-state index in [0.717, 1.165) is 37.7 Å². The summed E-state index contributed by atoms with van der Waals surface area (Å²) in [5.41, 5.74) is 1.35. The van der Waals surface area contributed by atoms with Gasteiger partial charge in [0.2, 0.25) is 0 Å². The zero-order valence-electron chi connectivity index (χ0n) is 15.5. The van der Waals surface area contributed by atoms with Crippen molar-refractivity contribution in [2.45, 2.75) is 34.1 Å². The van der Waals surface area contributed by atoms with Crippen molar-refractivity contribution >= 4 is 41.3 Å². The molecule has 1 heterocycles. The van der Waals surface area contributed by atoms with Crippen molar-refractivity contribution in [2.24, 2.45) is 10.4 Å². The van der Waals surface area contributed by atoms with E-state index in [1.54, 1.807) is 11.3 Å². The topological polar surface area (TPSA) is 52.6 Å². The van der Waals surface area contributed by atoms with Crippen molar-refractivity contribution in [1.29, 1.82) is 0 Å². The Balaban J connectivity index is 0.00000484. The van der Waals surface area contributed by atoms with Crippen LogP contribution in [0, 0.1) is 19.3 Å². The number of nitrogens with one attached hydrogen (secondary N) is 2. The van der Waals surface area contributed by atoms with Crippen molar-refractivity contribution in [3.8, 4) is 0 Å². The molecule has 1 aromatic rings. The van der Waals surface area contributed by atoms with Crippen LogP contribution >= 0.6 is 35.3 Å². The average Bonchev–Trinajstić information content (AvgIpc) is 2.71. The van der Waals surface area contributed by atoms with Crippen LogP contribution in [0.3, 0.4) is 0 Å². The second kappa shape index (κ2) is 10.5. The van der Waals surface area contributed by atoms with Crippen LogP contribution in [0.5, 0.6) is 0 Å². The highest BCUT2D eigenvalue weighted by molar-refractivity contribution is 14.0. The lowest BCUT2D eigenvalue weighted by Crippen LogP contribution is -2.45. The predicted octanol–water partition coefficient (Wildman–Crippen LogP) is 2.67. The largest absolute Gasteiger partial charge is 0.356 e. The molecule has 0 fully saturated rings. The lowest BCUT2D eigenvalue weighted by molar-refractivity contribution is 0.241. The summed E-state index contributed by atoms with van der Waals surface area (Å²) in [5, 5.41) is 7.96. The van der Waals surface area contributed by atoms with Crippen LogP contribution < -0.4 is 10.6 Å². The summed E-state index contributed by atoms with van der Waals surface area (Å²) in [6, 6.07) is 0. The molecule has 0 saturated heterocycles. The van der Waals surface area contributed by atoms with E-state index in [2.05, 4.69) is 67.3 Å². The summed E-state index contributed by atoms with van der Waals surface area (Å²) in [7, 11) is 6.02. The molecular formula is C16H32IN5S. The Morgan fingerprint density at radius 1 is 1.26 bits per heavy atom. The van der Waals surface area contributed by atoms with E-state index in [0.29, 0.717) is 0 Å². The molecule has 2 N–H and O–H groups in total. The minimum atomic E-state index is 0. The first-order valence-electron chi connectivity index (χ1n) is 7.75. The SMILES string of the molecule is CN=C(NCCc1nc(C)c(C)s1)NCC(C)(C)CN(C)C.I. The van der Waals surface area contributed by atoms with E-state index in [1.165, 1.54) is 9.88 Å². The van der Waals surface area contributed by atoms with Gasteiger partial charge < -0.3 is 15.5 Å². The van der Waals surface area contributed by atoms with Crippen LogP contribution in [0.15, 0.2) is 4.99 Å². The van der Waals surface area contributed by atoms with Gasteiger partial charge in [0.25, 0.3) is 0 Å². The Hall–Kier alpha value is -0.410. The quantitative estimate of drug-likeness (QED) is 0.379. The molecule has 0 aliphatic rings. The van der Waals surface area contributed by atoms with Gasteiger partial charge in [-0.1, -0.05) is 13.8 Å². The molecule has 0 spiro atoms. The van der Waals surface area contributed by atoms with E-state index in [9.17, 15) is 0 Å². The third-order valence-corrected chi connectivity index (χ3v) is 4.54. The number of hydrogen-bond acceptors (Lipinski definition) is 4. The third-order valence-electron chi connectivity index (χ3n) is 3.41. The first-order chi connectivity index (χ1) is 10.2. The zero-order chi connectivity index (χ0) is 16.8. The fourth-order valence-electron chi connectivity index (χ4n) is 2.39. The molecule has 7 heteroatoms. The number of aliphatic imine (C=N–C) groups is 1. The van der Waals surface area contributed by atoms with Crippen molar-refractivity contribution in [3.63, 3.8) is 0 Å². The molecule has 1 aromatic heterocycles. The van der Waals surface area contributed by atoms with Crippen molar-refractivity contribution in [3.05, 3.63) is 15.6 Å². The van der Waals surface area contributed by atoms with Crippen LogP contribution in [0.4, 0.5) is 0 Å². The highest BCUT2D eigenvalue weighted by Gasteiger charge is 2.19. The monoisotopic (exact) mass is 453 g/mol. The summed E-state index contributed by atoms with van der Waals surface area (Å²) in [6.45, 7) is 11.5. The Bertz CT molecular complexity index is 477. The minimum absolute atomic E-state index is 0. The maximum atomic E-state index is 4.56. The molecule has 0 saturated carbocycles. The summed E-state index contributed by atoms with van der Waals surface area (Å²) >= 11 is 1.78. The molecule has 0 radical (unpaired) electrons. The lowest BCUT2D eigenvalue weighted by Gasteiger charge is -2.29. The van der Waals surface area contributed by atoms with E-state index >= 15 is 0 Å². The molecule has 134 valence electrons. The van der Waals surface area contributed by atoms with Gasteiger partial charge >= 0.3 is 0 Å². The van der Waals surface area contributed by atoms with Gasteiger partial charge in [-0.3, -0.25) is 4.99 Å². The van der Waals surface area contributed by atoms with Crippen LogP contribution in [0.2, 0.25) is 0 Å². The van der Waals surface area contributed by atoms with Gasteiger partial charge in [-0.25, -0.2) is 4.98 Å². The van der Waals surface area contributed by atoms with Crippen LogP contribution in [0.1, 0.15) is 29.4 Å². The van der Waals surface area contributed by atoms with Crippen molar-refractivity contribution in [2.75, 3.05) is 40.8 Å². The number of aromatic nitrogens is 1. The summed E-state index contributed by atoms with van der Waals surface area (Å²) in [6.07, 6.45) is 0.932. The van der Waals surface area contributed by atoms with Gasteiger partial charge in [0.15, 0.2) is 5.96 Å². The molecule has 0 atom stereocenters. The number of halogens is 1. The Morgan fingerprint density at radius 2 is 1.91 bits per heavy atom. The molecule has 0 amide bonds. The summed E-state index contributed by atoms with van der Waals surface area (Å²) in [5.74, 6) is 0.858. The fourth-order valence-corrected chi connectivity index (χ4v) is 3.32. The first kappa shape index (κ1) is 22.6. The smallest absolute Gasteiger partial charge is 0.191 e. The molecule has 23 heavy (non-hydrogen) atoms. The summed E-state index contributed by atoms with van der Waals surface area (Å²) < 4.78 is 0. The number of guanidine groups is 1. The Morgan fingerprint density at radius 3 is 2.39 bits per heavy atom. The van der Waals surface area contributed by atoms with Gasteiger partial charge in [0.05, 0.1) is 10.7 Å². The number of aryl methyl sites for hydroxylation is 2. The summed E-state index contributed by atoms with van der Waals surface area (Å²) in [4.78, 5) is 12.4. The third kappa shape index (κ3) is 8.85. The highest BCUT2D eigenvalue weighted by atomic mass is 127. The van der Waals surface area contributed by atoms with Gasteiger partial charge in [-0.15, -0.1) is 35.3 Å². The number of thiazole rings is 1. The van der Waals surface area contributed by atoms with Gasteiger partial charge in [-0.2, -0.15) is 0 Å². The first-order valence-corrected chi connectivity index (χ1v) is 8.57. The van der Waals surface area contributed by atoms with Crippen LogP contribution in [0.25, 0.3) is 0 Å². The zero-order valence-corrected chi connectivity index (χ0v) is 18.6. The molecule has 0 aliphatic carbocycles. The standard InChI is InChI=1S/C16H31N5S.HI/c1-12-13(2)22-14(20-12)8-9-18-15(17-5)19-10-16(3,4)11-21(6)7;/h8-11H2,1-7H3,(H2,17,18,19);1H. The van der Waals surface area contributed by atoms with E-state index in [-0.39, 0.29) is 29.4 Å². The van der Waals surface area contributed by atoms with E-state index in [4.69, 9.17) is 0 Å². The van der Waals surface area contributed by atoms with Crippen molar-refractivity contribution in [1.82, 2.24) is 20.5 Å². The van der Waals surface area contributed by atoms with Crippen LogP contribution in [-0.4, -0.2) is 56.6 Å². The van der Waals surface area contributed by atoms with E-state index in [1.807, 2.05) is 7.05 Å². The number of nitrogens with zero attached hydrogens (tertiary/aromatic N) is 3. The van der Waals surface area contributed by atoms with E-state index < -0.39 is 0 Å². The average molecular weight is 453 g/mol. The molecule has 0 bridgehead atoms. The lowest BCUT2D eigenvalue weighted by atomic mass is 9.93. The van der Waals surface area contributed by atoms with Gasteiger partial charge in [0.1, 0.15) is 0 Å². The second-order valence-electron chi connectivity index (χ2n) is 6.75. The Labute approximate surface area is 162 Å². The van der Waals surface area contributed by atoms with Gasteiger partial charge in [0, 0.05) is 38.0 Å². The fraction of sp³-hybridized carbons (Fsp3) is 0.750. The minimum Gasteiger partial charge on any atom is -0.356 e. The molecule has 5 nitrogen and oxygen atoms in total. The van der Waals surface area contributed by atoms with Crippen LogP contribution in [-0.2, 0) is 6.42 Å². The second-order valence-corrected chi connectivity index (χ2v) is 8.04. The maximum absolute atomic E-state index is 4.56. The molecule has 1 rings (SSSR count). The van der Waals surface area contributed by atoms with Gasteiger partial charge in [-0.05, 0) is 33.4 Å². The Kier molecular flexibility index (Phi) is 10.3. The molecular weight excluding hydrogens is 421 g/mol.